The van der Waals surface area contributed by atoms with Gasteiger partial charge in [-0.15, -0.1) is 0 Å². The Bertz CT molecular complexity index is 985. The normalized spacial score (nSPS) is 14.1. The van der Waals surface area contributed by atoms with Crippen molar-refractivity contribution < 1.29 is 28.2 Å². The molecule has 3 N–H and O–H groups in total. The van der Waals surface area contributed by atoms with Crippen LogP contribution in [0.25, 0.3) is 0 Å². The average Bonchev–Trinajstić information content (AvgIpc) is 3.41. The molecule has 2 aromatic carbocycles. The van der Waals surface area contributed by atoms with Crippen LogP contribution < -0.4 is 9.46 Å². The predicted octanol–water partition coefficient (Wildman–Crippen LogP) is 3.54. The lowest BCUT2D eigenvalue weighted by molar-refractivity contribution is 0.0693. The van der Waals surface area contributed by atoms with Crippen LogP contribution in [0.3, 0.4) is 0 Å². The van der Waals surface area contributed by atoms with Gasteiger partial charge in [-0.25, -0.2) is 13.2 Å². The van der Waals surface area contributed by atoms with Crippen molar-refractivity contribution in [2.24, 2.45) is 0 Å². The number of aromatic hydroxyl groups is 1. The third-order valence-corrected chi connectivity index (χ3v) is 5.95. The van der Waals surface area contributed by atoms with Gasteiger partial charge < -0.3 is 14.9 Å². The fourth-order valence-electron chi connectivity index (χ4n) is 2.61. The first-order chi connectivity index (χ1) is 12.2. The minimum Gasteiger partial charge on any atom is -0.505 e. The lowest BCUT2D eigenvalue weighted by Gasteiger charge is -2.15. The first kappa shape index (κ1) is 18.5. The van der Waals surface area contributed by atoms with Crippen LogP contribution in [0, 0.1) is 0 Å². The van der Waals surface area contributed by atoms with Gasteiger partial charge in [0.05, 0.1) is 12.8 Å². The van der Waals surface area contributed by atoms with Crippen molar-refractivity contribution in [3.05, 3.63) is 45.9 Å². The summed E-state index contributed by atoms with van der Waals surface area (Å²) in [6, 6.07) is 7.34. The molecule has 9 heteroatoms. The van der Waals surface area contributed by atoms with Crippen molar-refractivity contribution >= 4 is 37.6 Å². The molecule has 26 heavy (non-hydrogen) atoms. The van der Waals surface area contributed by atoms with E-state index in [9.17, 15) is 23.4 Å². The Hall–Kier alpha value is -2.26. The van der Waals surface area contributed by atoms with E-state index in [4.69, 9.17) is 4.74 Å². The van der Waals surface area contributed by atoms with Crippen LogP contribution in [0.4, 0.5) is 5.69 Å². The van der Waals surface area contributed by atoms with Crippen molar-refractivity contribution in [1.29, 1.82) is 0 Å². The molecule has 2 aromatic rings. The van der Waals surface area contributed by atoms with Gasteiger partial charge in [-0.2, -0.15) is 0 Å². The molecule has 3 rings (SSSR count). The molecule has 1 aliphatic rings. The van der Waals surface area contributed by atoms with E-state index in [1.807, 2.05) is 0 Å². The molecule has 0 unspecified atom stereocenters. The number of carboxylic acid groups (broad SMARTS) is 1. The molecule has 0 aliphatic heterocycles. The van der Waals surface area contributed by atoms with Gasteiger partial charge in [-0.05, 0) is 54.7 Å². The van der Waals surface area contributed by atoms with Gasteiger partial charge in [-0.1, -0.05) is 15.9 Å². The summed E-state index contributed by atoms with van der Waals surface area (Å²) in [6.45, 7) is 0. The van der Waals surface area contributed by atoms with E-state index in [2.05, 4.69) is 20.7 Å². The maximum atomic E-state index is 12.8. The van der Waals surface area contributed by atoms with E-state index >= 15 is 0 Å². The molecular formula is C17H16BrNO6S. The summed E-state index contributed by atoms with van der Waals surface area (Å²) in [6.07, 6.45) is 1.80. The topological polar surface area (TPSA) is 113 Å². The molecule has 1 aliphatic carbocycles. The van der Waals surface area contributed by atoms with Crippen LogP contribution >= 0.6 is 15.9 Å². The molecule has 0 heterocycles. The summed E-state index contributed by atoms with van der Waals surface area (Å²) >= 11 is 3.21. The summed E-state index contributed by atoms with van der Waals surface area (Å²) in [5.74, 6) is -1.65. The second kappa shape index (κ2) is 6.81. The van der Waals surface area contributed by atoms with Crippen LogP contribution in [0.15, 0.2) is 39.7 Å². The Morgan fingerprint density at radius 1 is 1.27 bits per heavy atom. The highest BCUT2D eigenvalue weighted by atomic mass is 79.9. The molecule has 0 bridgehead atoms. The van der Waals surface area contributed by atoms with Gasteiger partial charge in [0.1, 0.15) is 16.2 Å². The van der Waals surface area contributed by atoms with Gasteiger partial charge in [0.25, 0.3) is 10.0 Å². The van der Waals surface area contributed by atoms with Crippen molar-refractivity contribution in [2.45, 2.75) is 23.7 Å². The summed E-state index contributed by atoms with van der Waals surface area (Å²) in [5.41, 5.74) is 0.168. The van der Waals surface area contributed by atoms with Crippen molar-refractivity contribution in [3.63, 3.8) is 0 Å². The molecule has 0 aromatic heterocycles. The highest BCUT2D eigenvalue weighted by Gasteiger charge is 2.29. The second-order valence-electron chi connectivity index (χ2n) is 5.94. The number of nitrogens with one attached hydrogen (secondary N) is 1. The fraction of sp³-hybridized carbons (Fsp3) is 0.235. The number of methoxy groups -OCH3 is 1. The fourth-order valence-corrected chi connectivity index (χ4v) is 4.38. The number of ether oxygens (including phenoxy) is 1. The minimum absolute atomic E-state index is 0.122. The Balaban J connectivity index is 2.08. The van der Waals surface area contributed by atoms with Crippen LogP contribution in [0.5, 0.6) is 11.5 Å². The monoisotopic (exact) mass is 441 g/mol. The largest absolute Gasteiger partial charge is 0.505 e. The Labute approximate surface area is 158 Å². The molecule has 0 radical (unpaired) electrons. The summed E-state index contributed by atoms with van der Waals surface area (Å²) < 4.78 is 33.5. The quantitative estimate of drug-likeness (QED) is 0.590. The van der Waals surface area contributed by atoms with Crippen LogP contribution in [0.1, 0.15) is 34.7 Å². The molecule has 0 amide bonds. The number of hydrogen-bond acceptors (Lipinski definition) is 5. The molecule has 0 atom stereocenters. The predicted molar refractivity (Wildman–Crippen MR) is 98.5 cm³/mol. The standard InChI is InChI=1S/C17H16BrNO6S/c1-25-14-5-4-11(18)8-15(14)26(23,24)19-13-7-10(9-2-3-9)6-12(16(13)20)17(21)22/h4-9,19-20H,2-3H2,1H3,(H,21,22). The van der Waals surface area contributed by atoms with E-state index in [1.54, 1.807) is 6.07 Å². The summed E-state index contributed by atoms with van der Waals surface area (Å²) in [7, 11) is -2.78. The van der Waals surface area contributed by atoms with Gasteiger partial charge in [-0.3, -0.25) is 4.72 Å². The number of carbonyl (C=O) groups is 1. The molecule has 0 saturated heterocycles. The second-order valence-corrected chi connectivity index (χ2v) is 8.51. The van der Waals surface area contributed by atoms with Crippen molar-refractivity contribution in [1.82, 2.24) is 0 Å². The zero-order chi connectivity index (χ0) is 19.1. The maximum Gasteiger partial charge on any atom is 0.339 e. The molecule has 7 nitrogen and oxygen atoms in total. The van der Waals surface area contributed by atoms with Crippen molar-refractivity contribution in [2.75, 3.05) is 11.8 Å². The van der Waals surface area contributed by atoms with E-state index in [-0.39, 0.29) is 27.8 Å². The number of benzene rings is 2. The molecular weight excluding hydrogens is 426 g/mol. The van der Waals surface area contributed by atoms with E-state index in [0.29, 0.717) is 10.0 Å². The highest BCUT2D eigenvalue weighted by Crippen LogP contribution is 2.44. The zero-order valence-corrected chi connectivity index (χ0v) is 16.1. The van der Waals surface area contributed by atoms with Gasteiger partial charge in [0.2, 0.25) is 0 Å². The van der Waals surface area contributed by atoms with Crippen LogP contribution in [-0.2, 0) is 10.0 Å². The lowest BCUT2D eigenvalue weighted by Crippen LogP contribution is -2.15. The Morgan fingerprint density at radius 2 is 1.96 bits per heavy atom. The molecule has 1 fully saturated rings. The number of rotatable bonds is 6. The summed E-state index contributed by atoms with van der Waals surface area (Å²) in [5, 5.41) is 19.5. The zero-order valence-electron chi connectivity index (χ0n) is 13.7. The molecule has 1 saturated carbocycles. The number of sulfonamides is 1. The van der Waals surface area contributed by atoms with E-state index in [0.717, 1.165) is 12.8 Å². The number of carboxylic acids is 1. The minimum atomic E-state index is -4.12. The number of anilines is 1. The number of phenols is 1. The van der Waals surface area contributed by atoms with E-state index < -0.39 is 21.7 Å². The summed E-state index contributed by atoms with van der Waals surface area (Å²) in [4.78, 5) is 11.2. The van der Waals surface area contributed by atoms with Crippen LogP contribution in [-0.4, -0.2) is 31.7 Å². The number of aromatic carboxylic acids is 1. The van der Waals surface area contributed by atoms with Gasteiger partial charge in [0.15, 0.2) is 5.75 Å². The molecule has 138 valence electrons. The van der Waals surface area contributed by atoms with E-state index in [1.165, 1.54) is 31.4 Å². The van der Waals surface area contributed by atoms with Crippen LogP contribution in [0.2, 0.25) is 0 Å². The van der Waals surface area contributed by atoms with Gasteiger partial charge in [0, 0.05) is 4.47 Å². The number of hydrogen-bond donors (Lipinski definition) is 3. The number of halogens is 1. The van der Waals surface area contributed by atoms with Crippen molar-refractivity contribution in [3.8, 4) is 11.5 Å². The highest BCUT2D eigenvalue weighted by molar-refractivity contribution is 9.10. The first-order valence-electron chi connectivity index (χ1n) is 7.69. The SMILES string of the molecule is COc1ccc(Br)cc1S(=O)(=O)Nc1cc(C2CC2)cc(C(=O)O)c1O. The third kappa shape index (κ3) is 3.63. The van der Waals surface area contributed by atoms with Gasteiger partial charge >= 0.3 is 5.97 Å². The lowest BCUT2D eigenvalue weighted by atomic mass is 10.0. The Morgan fingerprint density at radius 3 is 2.54 bits per heavy atom. The maximum absolute atomic E-state index is 12.8. The molecule has 0 spiro atoms. The Kier molecular flexibility index (Phi) is 4.85. The first-order valence-corrected chi connectivity index (χ1v) is 9.97. The average molecular weight is 442 g/mol. The smallest absolute Gasteiger partial charge is 0.339 e. The third-order valence-electron chi connectivity index (χ3n) is 4.07.